The van der Waals surface area contributed by atoms with Crippen LogP contribution < -0.4 is 5.32 Å². The number of hydrogen-bond acceptors (Lipinski definition) is 5. The smallest absolute Gasteiger partial charge is 0.227 e. The van der Waals surface area contributed by atoms with Crippen molar-refractivity contribution in [3.05, 3.63) is 35.2 Å². The molecule has 0 spiro atoms. The zero-order chi connectivity index (χ0) is 16.1. The number of halogens is 1. The van der Waals surface area contributed by atoms with Crippen LogP contribution in [-0.2, 0) is 16.0 Å². The maximum atomic E-state index is 11.8. The Morgan fingerprint density at radius 3 is 3.13 bits per heavy atom. The van der Waals surface area contributed by atoms with E-state index in [1.807, 2.05) is 12.1 Å². The summed E-state index contributed by atoms with van der Waals surface area (Å²) >= 11 is 5.94. The van der Waals surface area contributed by atoms with Crippen LogP contribution in [0.2, 0.25) is 5.02 Å². The Morgan fingerprint density at radius 1 is 1.43 bits per heavy atom. The van der Waals surface area contributed by atoms with Gasteiger partial charge < -0.3 is 14.6 Å². The second-order valence-corrected chi connectivity index (χ2v) is 5.90. The van der Waals surface area contributed by atoms with Crippen LogP contribution >= 0.6 is 11.6 Å². The summed E-state index contributed by atoms with van der Waals surface area (Å²) < 4.78 is 10.6. The maximum absolute atomic E-state index is 11.8. The largest absolute Gasteiger partial charge is 0.376 e. The third kappa shape index (κ3) is 4.53. The van der Waals surface area contributed by atoms with Gasteiger partial charge in [-0.3, -0.25) is 4.79 Å². The molecule has 1 N–H and O–H groups in total. The summed E-state index contributed by atoms with van der Waals surface area (Å²) in [7, 11) is 0. The monoisotopic (exact) mass is 335 g/mol. The van der Waals surface area contributed by atoms with Crippen LogP contribution in [0.3, 0.4) is 0 Å². The number of nitrogens with one attached hydrogen (secondary N) is 1. The molecule has 1 aromatic carbocycles. The van der Waals surface area contributed by atoms with E-state index in [4.69, 9.17) is 20.9 Å². The molecule has 0 bridgehead atoms. The van der Waals surface area contributed by atoms with E-state index in [2.05, 4.69) is 15.5 Å². The predicted molar refractivity (Wildman–Crippen MR) is 85.0 cm³/mol. The first-order chi connectivity index (χ1) is 11.2. The van der Waals surface area contributed by atoms with E-state index in [0.29, 0.717) is 36.1 Å². The Bertz CT molecular complexity index is 668. The molecule has 1 aromatic heterocycles. The van der Waals surface area contributed by atoms with Gasteiger partial charge in [-0.2, -0.15) is 4.98 Å². The summed E-state index contributed by atoms with van der Waals surface area (Å²) in [6.07, 6.45) is 2.94. The highest BCUT2D eigenvalue weighted by molar-refractivity contribution is 6.30. The van der Waals surface area contributed by atoms with Crippen LogP contribution in [-0.4, -0.2) is 35.3 Å². The maximum Gasteiger partial charge on any atom is 0.227 e. The molecule has 122 valence electrons. The molecule has 1 amide bonds. The third-order valence-corrected chi connectivity index (χ3v) is 3.90. The lowest BCUT2D eigenvalue weighted by Crippen LogP contribution is -2.31. The molecule has 0 radical (unpaired) electrons. The first kappa shape index (κ1) is 16.0. The molecular weight excluding hydrogens is 318 g/mol. The molecule has 23 heavy (non-hydrogen) atoms. The quantitative estimate of drug-likeness (QED) is 0.878. The van der Waals surface area contributed by atoms with Gasteiger partial charge in [0, 0.05) is 36.6 Å². The van der Waals surface area contributed by atoms with E-state index in [0.717, 1.165) is 25.0 Å². The predicted octanol–water partition coefficient (Wildman–Crippen LogP) is 2.62. The molecule has 0 saturated carbocycles. The van der Waals surface area contributed by atoms with Crippen molar-refractivity contribution in [2.45, 2.75) is 31.8 Å². The number of benzene rings is 1. The topological polar surface area (TPSA) is 77.2 Å². The second kappa shape index (κ2) is 7.57. The number of ether oxygens (including phenoxy) is 1. The number of carbonyl (C=O) groups excluding carboxylic acids is 1. The van der Waals surface area contributed by atoms with Crippen molar-refractivity contribution in [3.8, 4) is 11.4 Å². The summed E-state index contributed by atoms with van der Waals surface area (Å²) in [5.41, 5.74) is 0.787. The summed E-state index contributed by atoms with van der Waals surface area (Å²) in [5.74, 6) is 0.873. The number of carbonyl (C=O) groups is 1. The van der Waals surface area contributed by atoms with Gasteiger partial charge in [0.2, 0.25) is 17.6 Å². The van der Waals surface area contributed by atoms with Crippen LogP contribution in [0.15, 0.2) is 28.8 Å². The molecule has 0 aliphatic carbocycles. The average molecular weight is 336 g/mol. The minimum Gasteiger partial charge on any atom is -0.376 e. The van der Waals surface area contributed by atoms with Gasteiger partial charge in [0.1, 0.15) is 0 Å². The van der Waals surface area contributed by atoms with Crippen molar-refractivity contribution in [1.29, 1.82) is 0 Å². The molecule has 1 atom stereocenters. The highest BCUT2D eigenvalue weighted by Crippen LogP contribution is 2.20. The Hall–Kier alpha value is -1.92. The normalized spacial score (nSPS) is 17.3. The first-order valence-electron chi connectivity index (χ1n) is 7.67. The fourth-order valence-corrected chi connectivity index (χ4v) is 2.63. The highest BCUT2D eigenvalue weighted by Gasteiger charge is 2.16. The van der Waals surface area contributed by atoms with Gasteiger partial charge in [0.25, 0.3) is 0 Å². The Kier molecular flexibility index (Phi) is 5.25. The van der Waals surface area contributed by atoms with Gasteiger partial charge >= 0.3 is 0 Å². The van der Waals surface area contributed by atoms with E-state index < -0.39 is 0 Å². The van der Waals surface area contributed by atoms with E-state index in [1.165, 1.54) is 0 Å². The fraction of sp³-hybridized carbons (Fsp3) is 0.438. The first-order valence-corrected chi connectivity index (χ1v) is 8.05. The van der Waals surface area contributed by atoms with Crippen LogP contribution in [0.25, 0.3) is 11.4 Å². The molecule has 1 fully saturated rings. The van der Waals surface area contributed by atoms with E-state index in [9.17, 15) is 4.79 Å². The second-order valence-electron chi connectivity index (χ2n) is 5.46. The number of hydrogen-bond donors (Lipinski definition) is 1. The molecule has 1 aliphatic rings. The van der Waals surface area contributed by atoms with Crippen LogP contribution in [0.5, 0.6) is 0 Å². The van der Waals surface area contributed by atoms with Crippen molar-refractivity contribution in [2.75, 3.05) is 13.2 Å². The lowest BCUT2D eigenvalue weighted by Gasteiger charge is -2.09. The van der Waals surface area contributed by atoms with Crippen LogP contribution in [0, 0.1) is 0 Å². The number of nitrogens with zero attached hydrogens (tertiary/aromatic N) is 2. The highest BCUT2D eigenvalue weighted by atomic mass is 35.5. The third-order valence-electron chi connectivity index (χ3n) is 3.67. The summed E-state index contributed by atoms with van der Waals surface area (Å²) in [6, 6.07) is 7.23. The summed E-state index contributed by atoms with van der Waals surface area (Å²) in [4.78, 5) is 16.1. The summed E-state index contributed by atoms with van der Waals surface area (Å²) in [6.45, 7) is 1.35. The Labute approximate surface area is 139 Å². The van der Waals surface area contributed by atoms with Crippen LogP contribution in [0.1, 0.15) is 25.2 Å². The van der Waals surface area contributed by atoms with Gasteiger partial charge in [-0.25, -0.2) is 0 Å². The van der Waals surface area contributed by atoms with Crippen molar-refractivity contribution >= 4 is 17.5 Å². The Balaban J connectivity index is 1.48. The molecule has 3 rings (SSSR count). The number of aromatic nitrogens is 2. The van der Waals surface area contributed by atoms with Gasteiger partial charge in [0.05, 0.1) is 6.10 Å². The lowest BCUT2D eigenvalue weighted by atomic mass is 10.2. The lowest BCUT2D eigenvalue weighted by molar-refractivity contribution is -0.121. The number of amides is 1. The molecule has 1 aliphatic heterocycles. The van der Waals surface area contributed by atoms with E-state index in [1.54, 1.807) is 12.1 Å². The zero-order valence-corrected chi connectivity index (χ0v) is 13.4. The number of aryl methyl sites for hydroxylation is 1. The van der Waals surface area contributed by atoms with Gasteiger partial charge in [-0.05, 0) is 25.0 Å². The number of rotatable bonds is 6. The van der Waals surface area contributed by atoms with E-state index >= 15 is 0 Å². The SMILES string of the molecule is O=C(CCc1nc(-c2cccc(Cl)c2)no1)NC[C@H]1CCCO1. The van der Waals surface area contributed by atoms with Crippen molar-refractivity contribution in [1.82, 2.24) is 15.5 Å². The minimum atomic E-state index is -0.0389. The average Bonchev–Trinajstić information content (AvgIpc) is 3.22. The van der Waals surface area contributed by atoms with E-state index in [-0.39, 0.29) is 12.0 Å². The molecule has 2 heterocycles. The molecule has 0 unspecified atom stereocenters. The summed E-state index contributed by atoms with van der Waals surface area (Å²) in [5, 5.41) is 7.40. The molecule has 1 saturated heterocycles. The molecule has 7 heteroatoms. The minimum absolute atomic E-state index is 0.0389. The van der Waals surface area contributed by atoms with Crippen molar-refractivity contribution in [2.24, 2.45) is 0 Å². The van der Waals surface area contributed by atoms with Crippen LogP contribution in [0.4, 0.5) is 0 Å². The standard InChI is InChI=1S/C16H18ClN3O3/c17-12-4-1-3-11(9-12)16-19-15(23-20-16)7-6-14(21)18-10-13-5-2-8-22-13/h1,3-4,9,13H,2,5-8,10H2,(H,18,21)/t13-/m1/s1. The molecular formula is C16H18ClN3O3. The molecule has 2 aromatic rings. The van der Waals surface area contributed by atoms with Gasteiger partial charge in [-0.1, -0.05) is 28.9 Å². The zero-order valence-electron chi connectivity index (χ0n) is 12.6. The van der Waals surface area contributed by atoms with Crippen molar-refractivity contribution < 1.29 is 14.1 Å². The van der Waals surface area contributed by atoms with Gasteiger partial charge in [0.15, 0.2) is 0 Å². The molecule has 6 nitrogen and oxygen atoms in total. The Morgan fingerprint density at radius 2 is 2.35 bits per heavy atom. The van der Waals surface area contributed by atoms with Crippen molar-refractivity contribution in [3.63, 3.8) is 0 Å². The fourth-order valence-electron chi connectivity index (χ4n) is 2.44. The van der Waals surface area contributed by atoms with Gasteiger partial charge in [-0.15, -0.1) is 0 Å².